The van der Waals surface area contributed by atoms with Gasteiger partial charge in [0, 0.05) is 43.8 Å². The first-order chi connectivity index (χ1) is 7.79. The minimum absolute atomic E-state index is 0.0455. The van der Waals surface area contributed by atoms with Gasteiger partial charge >= 0.3 is 0 Å². The quantitative estimate of drug-likeness (QED) is 0.811. The van der Waals surface area contributed by atoms with Crippen LogP contribution in [0.2, 0.25) is 0 Å². The average molecular weight is 239 g/mol. The molecule has 0 radical (unpaired) electrons. The highest BCUT2D eigenvalue weighted by Crippen LogP contribution is 2.38. The van der Waals surface area contributed by atoms with Crippen molar-refractivity contribution in [3.05, 3.63) is 0 Å². The second-order valence-electron chi connectivity index (χ2n) is 7.21. The van der Waals surface area contributed by atoms with Gasteiger partial charge in [-0.3, -0.25) is 9.80 Å². The van der Waals surface area contributed by atoms with Crippen LogP contribution < -0.4 is 5.73 Å². The van der Waals surface area contributed by atoms with Crippen LogP contribution in [0.3, 0.4) is 0 Å². The summed E-state index contributed by atoms with van der Waals surface area (Å²) >= 11 is 0. The van der Waals surface area contributed by atoms with E-state index in [0.717, 1.165) is 12.5 Å². The molecule has 1 atom stereocenters. The van der Waals surface area contributed by atoms with Crippen molar-refractivity contribution in [3.8, 4) is 0 Å². The molecule has 0 bridgehead atoms. The Balaban J connectivity index is 1.79. The van der Waals surface area contributed by atoms with Crippen LogP contribution in [0, 0.1) is 5.92 Å². The predicted molar refractivity (Wildman–Crippen MR) is 73.1 cm³/mol. The van der Waals surface area contributed by atoms with E-state index in [0.29, 0.717) is 5.54 Å². The summed E-state index contributed by atoms with van der Waals surface area (Å²) in [6.07, 6.45) is 2.68. The molecule has 2 aliphatic rings. The Kier molecular flexibility index (Phi) is 3.54. The molecule has 0 aromatic heterocycles. The molecular weight excluding hydrogens is 210 g/mol. The van der Waals surface area contributed by atoms with Crippen LogP contribution in [0.4, 0.5) is 0 Å². The van der Waals surface area contributed by atoms with Gasteiger partial charge in [0.25, 0.3) is 0 Å². The molecule has 2 fully saturated rings. The Labute approximate surface area is 106 Å². The van der Waals surface area contributed by atoms with Crippen molar-refractivity contribution in [2.24, 2.45) is 11.7 Å². The van der Waals surface area contributed by atoms with Gasteiger partial charge in [-0.15, -0.1) is 0 Å². The van der Waals surface area contributed by atoms with Gasteiger partial charge < -0.3 is 5.73 Å². The first-order valence-electron chi connectivity index (χ1n) is 7.05. The molecule has 3 nitrogen and oxygen atoms in total. The first kappa shape index (κ1) is 13.3. The van der Waals surface area contributed by atoms with E-state index < -0.39 is 0 Å². The molecule has 0 aromatic rings. The summed E-state index contributed by atoms with van der Waals surface area (Å²) in [5.74, 6) is 0.781. The van der Waals surface area contributed by atoms with Gasteiger partial charge in [0.1, 0.15) is 0 Å². The zero-order valence-electron chi connectivity index (χ0n) is 12.0. The average Bonchev–Trinajstić information content (AvgIpc) is 2.99. The van der Waals surface area contributed by atoms with Gasteiger partial charge in [0.05, 0.1) is 0 Å². The molecule has 1 aliphatic carbocycles. The molecular formula is C14H29N3. The van der Waals surface area contributed by atoms with Crippen molar-refractivity contribution in [1.82, 2.24) is 9.80 Å². The molecule has 1 unspecified atom stereocenters. The van der Waals surface area contributed by atoms with Crippen LogP contribution in [0.1, 0.15) is 40.5 Å². The molecule has 100 valence electrons. The third-order valence-corrected chi connectivity index (χ3v) is 4.40. The Morgan fingerprint density at radius 2 is 1.53 bits per heavy atom. The molecule has 0 spiro atoms. The van der Waals surface area contributed by atoms with Gasteiger partial charge in [-0.2, -0.15) is 0 Å². The lowest BCUT2D eigenvalue weighted by atomic mass is 9.96. The molecule has 1 heterocycles. The van der Waals surface area contributed by atoms with E-state index in [2.05, 4.69) is 37.5 Å². The number of piperazine rings is 1. The minimum Gasteiger partial charge on any atom is -0.324 e. The van der Waals surface area contributed by atoms with E-state index in [1.54, 1.807) is 0 Å². The van der Waals surface area contributed by atoms with Crippen molar-refractivity contribution in [2.75, 3.05) is 32.7 Å². The molecule has 0 aromatic carbocycles. The summed E-state index contributed by atoms with van der Waals surface area (Å²) < 4.78 is 0. The monoisotopic (exact) mass is 239 g/mol. The Bertz CT molecular complexity index is 255. The van der Waals surface area contributed by atoms with E-state index in [-0.39, 0.29) is 5.54 Å². The van der Waals surface area contributed by atoms with E-state index in [9.17, 15) is 0 Å². The summed E-state index contributed by atoms with van der Waals surface area (Å²) in [6.45, 7) is 15.0. The highest BCUT2D eigenvalue weighted by molar-refractivity contribution is 4.98. The van der Waals surface area contributed by atoms with Gasteiger partial charge in [-0.1, -0.05) is 0 Å². The van der Waals surface area contributed by atoms with Gasteiger partial charge in [0.2, 0.25) is 0 Å². The molecule has 2 rings (SSSR count). The van der Waals surface area contributed by atoms with E-state index in [4.69, 9.17) is 5.73 Å². The summed E-state index contributed by atoms with van der Waals surface area (Å²) in [6, 6.07) is 0. The second kappa shape index (κ2) is 4.52. The molecule has 0 amide bonds. The van der Waals surface area contributed by atoms with Crippen LogP contribution >= 0.6 is 0 Å². The van der Waals surface area contributed by atoms with Crippen LogP contribution in [0.25, 0.3) is 0 Å². The number of hydrogen-bond donors (Lipinski definition) is 1. The number of nitrogens with two attached hydrogens (primary N) is 1. The van der Waals surface area contributed by atoms with Gasteiger partial charge in [-0.05, 0) is 46.5 Å². The van der Waals surface area contributed by atoms with Crippen molar-refractivity contribution < 1.29 is 0 Å². The maximum atomic E-state index is 6.42. The summed E-state index contributed by atoms with van der Waals surface area (Å²) in [7, 11) is 0. The standard InChI is InChI=1S/C14H29N3/c1-13(2,3)17-9-7-16(8-10-17)11-14(4,15)12-5-6-12/h12H,5-11,15H2,1-4H3. The van der Waals surface area contributed by atoms with Crippen molar-refractivity contribution in [1.29, 1.82) is 0 Å². The molecule has 1 saturated heterocycles. The summed E-state index contributed by atoms with van der Waals surface area (Å²) in [5.41, 5.74) is 6.78. The molecule has 1 saturated carbocycles. The van der Waals surface area contributed by atoms with E-state index >= 15 is 0 Å². The van der Waals surface area contributed by atoms with E-state index in [1.165, 1.54) is 39.0 Å². The zero-order chi connectivity index (χ0) is 12.7. The molecule has 17 heavy (non-hydrogen) atoms. The summed E-state index contributed by atoms with van der Waals surface area (Å²) in [5, 5.41) is 0. The van der Waals surface area contributed by atoms with Crippen molar-refractivity contribution >= 4 is 0 Å². The van der Waals surface area contributed by atoms with Crippen molar-refractivity contribution in [2.45, 2.75) is 51.6 Å². The maximum absolute atomic E-state index is 6.42. The molecule has 3 heteroatoms. The van der Waals surface area contributed by atoms with Crippen LogP contribution in [0.5, 0.6) is 0 Å². The Hall–Kier alpha value is -0.120. The van der Waals surface area contributed by atoms with Crippen LogP contribution in [-0.2, 0) is 0 Å². The lowest BCUT2D eigenvalue weighted by Gasteiger charge is -2.44. The normalized spacial score (nSPS) is 28.1. The fourth-order valence-corrected chi connectivity index (χ4v) is 2.93. The van der Waals surface area contributed by atoms with E-state index in [1.807, 2.05) is 0 Å². The summed E-state index contributed by atoms with van der Waals surface area (Å²) in [4.78, 5) is 5.13. The smallest absolute Gasteiger partial charge is 0.0283 e. The maximum Gasteiger partial charge on any atom is 0.0283 e. The van der Waals surface area contributed by atoms with Crippen LogP contribution in [0.15, 0.2) is 0 Å². The third kappa shape index (κ3) is 3.43. The van der Waals surface area contributed by atoms with Gasteiger partial charge in [-0.25, -0.2) is 0 Å². The number of nitrogens with zero attached hydrogens (tertiary/aromatic N) is 2. The Morgan fingerprint density at radius 3 is 1.94 bits per heavy atom. The number of hydrogen-bond acceptors (Lipinski definition) is 3. The SMILES string of the molecule is CC(N)(CN1CCN(C(C)(C)C)CC1)C1CC1. The minimum atomic E-state index is 0.0455. The fourth-order valence-electron chi connectivity index (χ4n) is 2.93. The molecule has 2 N–H and O–H groups in total. The highest BCUT2D eigenvalue weighted by atomic mass is 15.3. The highest BCUT2D eigenvalue weighted by Gasteiger charge is 2.40. The van der Waals surface area contributed by atoms with Crippen molar-refractivity contribution in [3.63, 3.8) is 0 Å². The number of rotatable bonds is 3. The Morgan fingerprint density at radius 1 is 1.00 bits per heavy atom. The lowest BCUT2D eigenvalue weighted by molar-refractivity contribution is 0.0514. The fraction of sp³-hybridized carbons (Fsp3) is 1.00. The topological polar surface area (TPSA) is 32.5 Å². The largest absolute Gasteiger partial charge is 0.324 e. The molecule has 1 aliphatic heterocycles. The van der Waals surface area contributed by atoms with Crippen LogP contribution in [-0.4, -0.2) is 53.6 Å². The third-order valence-electron chi connectivity index (χ3n) is 4.40. The first-order valence-corrected chi connectivity index (χ1v) is 7.05. The lowest BCUT2D eigenvalue weighted by Crippen LogP contribution is -2.58. The second-order valence-corrected chi connectivity index (χ2v) is 7.21. The van der Waals surface area contributed by atoms with Gasteiger partial charge in [0.15, 0.2) is 0 Å². The predicted octanol–water partition coefficient (Wildman–Crippen LogP) is 1.53. The zero-order valence-corrected chi connectivity index (χ0v) is 12.0.